The molecule has 102 valence electrons. The maximum absolute atomic E-state index is 13.6. The predicted octanol–water partition coefficient (Wildman–Crippen LogP) is 2.57. The number of carbonyl (C=O) groups is 2. The van der Waals surface area contributed by atoms with Gasteiger partial charge < -0.3 is 10.4 Å². The molecule has 0 spiro atoms. The molecule has 1 aliphatic rings. The molecular weight excluding hydrogens is 317 g/mol. The Balaban J connectivity index is 2.00. The van der Waals surface area contributed by atoms with Gasteiger partial charge in [-0.05, 0) is 37.5 Å². The summed E-state index contributed by atoms with van der Waals surface area (Å²) in [6.07, 6.45) is 1.56. The minimum absolute atomic E-state index is 0.0259. The van der Waals surface area contributed by atoms with E-state index in [0.717, 1.165) is 0 Å². The number of amides is 1. The Morgan fingerprint density at radius 1 is 1.37 bits per heavy atom. The highest BCUT2D eigenvalue weighted by Crippen LogP contribution is 2.26. The van der Waals surface area contributed by atoms with Crippen molar-refractivity contribution < 1.29 is 19.1 Å². The molecule has 2 unspecified atom stereocenters. The van der Waals surface area contributed by atoms with Gasteiger partial charge in [-0.25, -0.2) is 4.39 Å². The number of carbonyl (C=O) groups excluding carboxylic acids is 1. The summed E-state index contributed by atoms with van der Waals surface area (Å²) in [4.78, 5) is 22.7. The molecule has 2 N–H and O–H groups in total. The van der Waals surface area contributed by atoms with E-state index in [0.29, 0.717) is 23.7 Å². The average Bonchev–Trinajstić information content (AvgIpc) is 2.77. The number of halogens is 2. The van der Waals surface area contributed by atoms with Crippen molar-refractivity contribution in [2.75, 3.05) is 0 Å². The van der Waals surface area contributed by atoms with Crippen LogP contribution in [0.3, 0.4) is 0 Å². The summed E-state index contributed by atoms with van der Waals surface area (Å²) in [5.41, 5.74) is -0.0259. The Bertz CT molecular complexity index is 521. The van der Waals surface area contributed by atoms with Crippen LogP contribution in [0.25, 0.3) is 0 Å². The van der Waals surface area contributed by atoms with E-state index in [9.17, 15) is 14.0 Å². The molecule has 0 saturated heterocycles. The first kappa shape index (κ1) is 14.0. The summed E-state index contributed by atoms with van der Waals surface area (Å²) in [5.74, 6) is -2.35. The van der Waals surface area contributed by atoms with Gasteiger partial charge in [-0.3, -0.25) is 9.59 Å². The zero-order chi connectivity index (χ0) is 14.0. The molecule has 0 radical (unpaired) electrons. The third kappa shape index (κ3) is 3.32. The van der Waals surface area contributed by atoms with Gasteiger partial charge in [-0.15, -0.1) is 0 Å². The molecular formula is C13H13BrFNO3. The van der Waals surface area contributed by atoms with E-state index in [-0.39, 0.29) is 11.6 Å². The molecule has 0 heterocycles. The van der Waals surface area contributed by atoms with E-state index in [2.05, 4.69) is 21.2 Å². The van der Waals surface area contributed by atoms with Gasteiger partial charge in [0.1, 0.15) is 5.82 Å². The molecule has 1 fully saturated rings. The van der Waals surface area contributed by atoms with E-state index >= 15 is 0 Å². The summed E-state index contributed by atoms with van der Waals surface area (Å²) in [6.45, 7) is 0. The van der Waals surface area contributed by atoms with Crippen LogP contribution in [0.15, 0.2) is 22.7 Å². The van der Waals surface area contributed by atoms with Gasteiger partial charge in [0.25, 0.3) is 5.91 Å². The monoisotopic (exact) mass is 329 g/mol. The second-order valence-corrected chi connectivity index (χ2v) is 5.56. The van der Waals surface area contributed by atoms with Crippen LogP contribution >= 0.6 is 15.9 Å². The zero-order valence-corrected chi connectivity index (χ0v) is 11.6. The lowest BCUT2D eigenvalue weighted by atomic mass is 10.1. The van der Waals surface area contributed by atoms with Crippen molar-refractivity contribution >= 4 is 27.8 Å². The molecule has 1 aromatic rings. The molecule has 2 rings (SSSR count). The van der Waals surface area contributed by atoms with Gasteiger partial charge in [-0.1, -0.05) is 15.9 Å². The van der Waals surface area contributed by atoms with Gasteiger partial charge >= 0.3 is 5.97 Å². The van der Waals surface area contributed by atoms with Crippen LogP contribution in [0.4, 0.5) is 4.39 Å². The van der Waals surface area contributed by atoms with Gasteiger partial charge in [0.15, 0.2) is 0 Å². The van der Waals surface area contributed by atoms with Gasteiger partial charge in [0.05, 0.1) is 11.5 Å². The number of benzene rings is 1. The fourth-order valence-electron chi connectivity index (χ4n) is 2.27. The van der Waals surface area contributed by atoms with Crippen LogP contribution in [0, 0.1) is 11.7 Å². The topological polar surface area (TPSA) is 66.4 Å². The van der Waals surface area contributed by atoms with Crippen molar-refractivity contribution in [2.45, 2.75) is 25.3 Å². The number of rotatable bonds is 3. The van der Waals surface area contributed by atoms with Crippen molar-refractivity contribution in [3.8, 4) is 0 Å². The first-order valence-corrected chi connectivity index (χ1v) is 6.75. The summed E-state index contributed by atoms with van der Waals surface area (Å²) in [5, 5.41) is 11.6. The van der Waals surface area contributed by atoms with Crippen LogP contribution < -0.4 is 5.32 Å². The molecule has 0 bridgehead atoms. The lowest BCUT2D eigenvalue weighted by Gasteiger charge is -2.12. The minimum atomic E-state index is -0.841. The SMILES string of the molecule is O=C(NC1CCC(C(=O)O)C1)c1ccc(Br)cc1F. The maximum Gasteiger partial charge on any atom is 0.306 e. The number of nitrogens with one attached hydrogen (secondary N) is 1. The fourth-order valence-corrected chi connectivity index (χ4v) is 2.61. The van der Waals surface area contributed by atoms with Crippen LogP contribution in [0.2, 0.25) is 0 Å². The van der Waals surface area contributed by atoms with Crippen LogP contribution in [0.5, 0.6) is 0 Å². The Labute approximate surface area is 118 Å². The van der Waals surface area contributed by atoms with Crippen molar-refractivity contribution in [3.63, 3.8) is 0 Å². The lowest BCUT2D eigenvalue weighted by molar-refractivity contribution is -0.141. The number of carboxylic acids is 1. The Morgan fingerprint density at radius 2 is 2.11 bits per heavy atom. The fraction of sp³-hybridized carbons (Fsp3) is 0.385. The highest BCUT2D eigenvalue weighted by atomic mass is 79.9. The van der Waals surface area contributed by atoms with Crippen molar-refractivity contribution in [2.24, 2.45) is 5.92 Å². The quantitative estimate of drug-likeness (QED) is 0.895. The highest BCUT2D eigenvalue weighted by Gasteiger charge is 2.31. The van der Waals surface area contributed by atoms with Crippen LogP contribution in [-0.2, 0) is 4.79 Å². The highest BCUT2D eigenvalue weighted by molar-refractivity contribution is 9.10. The van der Waals surface area contributed by atoms with Gasteiger partial charge in [0.2, 0.25) is 0 Å². The molecule has 2 atom stereocenters. The van der Waals surface area contributed by atoms with Crippen LogP contribution in [0.1, 0.15) is 29.6 Å². The third-order valence-electron chi connectivity index (χ3n) is 3.29. The number of hydrogen-bond donors (Lipinski definition) is 2. The van der Waals surface area contributed by atoms with Gasteiger partial charge in [-0.2, -0.15) is 0 Å². The normalized spacial score (nSPS) is 22.2. The first-order valence-electron chi connectivity index (χ1n) is 5.96. The van der Waals surface area contributed by atoms with Crippen molar-refractivity contribution in [1.29, 1.82) is 0 Å². The summed E-state index contributed by atoms with van der Waals surface area (Å²) in [7, 11) is 0. The first-order chi connectivity index (χ1) is 8.97. The zero-order valence-electron chi connectivity index (χ0n) is 10.0. The maximum atomic E-state index is 13.6. The van der Waals surface area contributed by atoms with E-state index in [1.54, 1.807) is 6.07 Å². The lowest BCUT2D eigenvalue weighted by Crippen LogP contribution is -2.33. The molecule has 1 aliphatic carbocycles. The van der Waals surface area contributed by atoms with E-state index in [4.69, 9.17) is 5.11 Å². The molecule has 1 amide bonds. The van der Waals surface area contributed by atoms with Gasteiger partial charge in [0, 0.05) is 10.5 Å². The van der Waals surface area contributed by atoms with E-state index in [1.165, 1.54) is 12.1 Å². The number of hydrogen-bond acceptors (Lipinski definition) is 2. The minimum Gasteiger partial charge on any atom is -0.481 e. The van der Waals surface area contributed by atoms with Crippen molar-refractivity contribution in [1.82, 2.24) is 5.32 Å². The Morgan fingerprint density at radius 3 is 2.68 bits per heavy atom. The smallest absolute Gasteiger partial charge is 0.306 e. The standard InChI is InChI=1S/C13H13BrFNO3/c14-8-2-4-10(11(15)6-8)12(17)16-9-3-1-7(5-9)13(18)19/h2,4,6-7,9H,1,3,5H2,(H,16,17)(H,18,19). The predicted molar refractivity (Wildman–Crippen MR) is 70.3 cm³/mol. The second-order valence-electron chi connectivity index (χ2n) is 4.64. The molecule has 0 aromatic heterocycles. The third-order valence-corrected chi connectivity index (χ3v) is 3.79. The molecule has 4 nitrogen and oxygen atoms in total. The Hall–Kier alpha value is -1.43. The van der Waals surface area contributed by atoms with E-state index < -0.39 is 23.6 Å². The molecule has 1 aromatic carbocycles. The van der Waals surface area contributed by atoms with Crippen molar-refractivity contribution in [3.05, 3.63) is 34.1 Å². The summed E-state index contributed by atoms with van der Waals surface area (Å²) in [6, 6.07) is 4.02. The number of aliphatic carboxylic acids is 1. The Kier molecular flexibility index (Phi) is 4.19. The van der Waals surface area contributed by atoms with Crippen LogP contribution in [-0.4, -0.2) is 23.0 Å². The largest absolute Gasteiger partial charge is 0.481 e. The molecule has 0 aliphatic heterocycles. The van der Waals surface area contributed by atoms with E-state index in [1.807, 2.05) is 0 Å². The average molecular weight is 330 g/mol. The second kappa shape index (κ2) is 5.69. The summed E-state index contributed by atoms with van der Waals surface area (Å²) >= 11 is 3.12. The molecule has 6 heteroatoms. The number of carboxylic acid groups (broad SMARTS) is 1. The molecule has 19 heavy (non-hydrogen) atoms. The molecule has 1 saturated carbocycles. The summed E-state index contributed by atoms with van der Waals surface area (Å²) < 4.78 is 14.2.